The first-order chi connectivity index (χ1) is 8.81. The minimum absolute atomic E-state index is 0.152. The van der Waals surface area contributed by atoms with Gasteiger partial charge in [0.2, 0.25) is 15.9 Å². The van der Waals surface area contributed by atoms with Crippen molar-refractivity contribution in [1.29, 1.82) is 0 Å². The second kappa shape index (κ2) is 6.22. The number of rotatable bonds is 5. The highest BCUT2D eigenvalue weighted by Gasteiger charge is 2.12. The van der Waals surface area contributed by atoms with Gasteiger partial charge in [-0.1, -0.05) is 0 Å². The SMILES string of the molecule is C#CCC(N)C(=O)Nc1ccc(NS(C)(=O)=O)cc1. The van der Waals surface area contributed by atoms with Crippen molar-refractivity contribution in [2.75, 3.05) is 16.3 Å². The molecule has 1 aromatic rings. The highest BCUT2D eigenvalue weighted by Crippen LogP contribution is 2.14. The van der Waals surface area contributed by atoms with E-state index in [4.69, 9.17) is 12.2 Å². The second-order valence-corrected chi connectivity index (χ2v) is 5.70. The lowest BCUT2D eigenvalue weighted by Gasteiger charge is -2.10. The lowest BCUT2D eigenvalue weighted by Crippen LogP contribution is -2.35. The van der Waals surface area contributed by atoms with E-state index in [-0.39, 0.29) is 12.3 Å². The largest absolute Gasteiger partial charge is 0.325 e. The molecule has 6 nitrogen and oxygen atoms in total. The zero-order chi connectivity index (χ0) is 14.5. The van der Waals surface area contributed by atoms with E-state index in [1.165, 1.54) is 12.1 Å². The molecule has 0 heterocycles. The van der Waals surface area contributed by atoms with Crippen LogP contribution in [0, 0.1) is 12.3 Å². The number of terminal acetylenes is 1. The van der Waals surface area contributed by atoms with Crippen molar-refractivity contribution in [2.45, 2.75) is 12.5 Å². The third kappa shape index (κ3) is 5.42. The average molecular weight is 281 g/mol. The zero-order valence-corrected chi connectivity index (χ0v) is 11.2. The smallest absolute Gasteiger partial charge is 0.242 e. The van der Waals surface area contributed by atoms with E-state index in [9.17, 15) is 13.2 Å². The topological polar surface area (TPSA) is 101 Å². The van der Waals surface area contributed by atoms with Gasteiger partial charge in [0.05, 0.1) is 12.3 Å². The molecule has 0 bridgehead atoms. The highest BCUT2D eigenvalue weighted by molar-refractivity contribution is 7.92. The predicted octanol–water partition coefficient (Wildman–Crippen LogP) is 0.347. The maximum atomic E-state index is 11.6. The summed E-state index contributed by atoms with van der Waals surface area (Å²) in [6.07, 6.45) is 6.27. The van der Waals surface area contributed by atoms with Gasteiger partial charge in [0, 0.05) is 17.8 Å². The van der Waals surface area contributed by atoms with Crippen LogP contribution >= 0.6 is 0 Å². The molecule has 0 aliphatic rings. The molecule has 0 radical (unpaired) electrons. The van der Waals surface area contributed by atoms with Gasteiger partial charge < -0.3 is 11.1 Å². The van der Waals surface area contributed by atoms with Crippen molar-refractivity contribution in [3.63, 3.8) is 0 Å². The van der Waals surface area contributed by atoms with E-state index >= 15 is 0 Å². The summed E-state index contributed by atoms with van der Waals surface area (Å²) in [5.41, 5.74) is 6.46. The van der Waals surface area contributed by atoms with Gasteiger partial charge in [0.1, 0.15) is 0 Å². The molecule has 0 saturated carbocycles. The number of anilines is 2. The Bertz CT molecular complexity index is 588. The summed E-state index contributed by atoms with van der Waals surface area (Å²) in [4.78, 5) is 11.6. The molecule has 0 aliphatic carbocycles. The van der Waals surface area contributed by atoms with Crippen LogP contribution < -0.4 is 15.8 Å². The van der Waals surface area contributed by atoms with Gasteiger partial charge in [-0.3, -0.25) is 9.52 Å². The van der Waals surface area contributed by atoms with E-state index in [2.05, 4.69) is 16.0 Å². The molecule has 1 amide bonds. The van der Waals surface area contributed by atoms with Gasteiger partial charge in [-0.15, -0.1) is 12.3 Å². The van der Waals surface area contributed by atoms with Crippen LogP contribution in [0.5, 0.6) is 0 Å². The quantitative estimate of drug-likeness (QED) is 0.678. The van der Waals surface area contributed by atoms with E-state index in [1.807, 2.05) is 0 Å². The standard InChI is InChI=1S/C12H15N3O3S/c1-3-4-11(13)12(16)14-9-5-7-10(8-6-9)15-19(2,17)18/h1,5-8,11,15H,4,13H2,2H3,(H,14,16). The number of hydrogen-bond acceptors (Lipinski definition) is 4. The summed E-state index contributed by atoms with van der Waals surface area (Å²) < 4.78 is 24.3. The minimum Gasteiger partial charge on any atom is -0.325 e. The molecule has 19 heavy (non-hydrogen) atoms. The number of carbonyl (C=O) groups excluding carboxylic acids is 1. The van der Waals surface area contributed by atoms with Crippen LogP contribution in [0.3, 0.4) is 0 Å². The fraction of sp³-hybridized carbons (Fsp3) is 0.250. The first-order valence-corrected chi connectivity index (χ1v) is 7.29. The molecule has 7 heteroatoms. The van der Waals surface area contributed by atoms with Gasteiger partial charge in [0.25, 0.3) is 0 Å². The maximum absolute atomic E-state index is 11.6. The Morgan fingerprint density at radius 2 is 1.89 bits per heavy atom. The number of hydrogen-bond donors (Lipinski definition) is 3. The molecule has 4 N–H and O–H groups in total. The number of nitrogens with two attached hydrogens (primary N) is 1. The number of nitrogens with one attached hydrogen (secondary N) is 2. The van der Waals surface area contributed by atoms with Crippen molar-refractivity contribution in [2.24, 2.45) is 5.73 Å². The molecule has 0 spiro atoms. The molecule has 0 fully saturated rings. The number of carbonyl (C=O) groups is 1. The third-order valence-corrected chi connectivity index (χ3v) is 2.74. The molecule has 0 aliphatic heterocycles. The third-order valence-electron chi connectivity index (χ3n) is 2.13. The van der Waals surface area contributed by atoms with Crippen molar-refractivity contribution >= 4 is 27.3 Å². The van der Waals surface area contributed by atoms with E-state index in [0.717, 1.165) is 6.26 Å². The molecule has 102 valence electrons. The first-order valence-electron chi connectivity index (χ1n) is 5.39. The van der Waals surface area contributed by atoms with Crippen LogP contribution in [-0.2, 0) is 14.8 Å². The summed E-state index contributed by atoms with van der Waals surface area (Å²) in [6.45, 7) is 0. The first kappa shape index (κ1) is 15.0. The Balaban J connectivity index is 2.68. The molecule has 1 unspecified atom stereocenters. The maximum Gasteiger partial charge on any atom is 0.242 e. The van der Waals surface area contributed by atoms with Gasteiger partial charge >= 0.3 is 0 Å². The summed E-state index contributed by atoms with van der Waals surface area (Å²) in [6, 6.07) is 5.42. The Kier molecular flexibility index (Phi) is 4.92. The molecular weight excluding hydrogens is 266 g/mol. The van der Waals surface area contributed by atoms with Crippen LogP contribution in [0.15, 0.2) is 24.3 Å². The normalized spacial score (nSPS) is 12.3. The Morgan fingerprint density at radius 3 is 2.37 bits per heavy atom. The van der Waals surface area contributed by atoms with E-state index in [0.29, 0.717) is 11.4 Å². The lowest BCUT2D eigenvalue weighted by atomic mass is 10.2. The summed E-state index contributed by atoms with van der Waals surface area (Å²) >= 11 is 0. The Morgan fingerprint density at radius 1 is 1.37 bits per heavy atom. The molecule has 0 saturated heterocycles. The predicted molar refractivity (Wildman–Crippen MR) is 75.0 cm³/mol. The minimum atomic E-state index is -3.31. The summed E-state index contributed by atoms with van der Waals surface area (Å²) in [7, 11) is -3.31. The van der Waals surface area contributed by atoms with Crippen LogP contribution in [0.4, 0.5) is 11.4 Å². The molecule has 0 aromatic heterocycles. The Hall–Kier alpha value is -2.04. The van der Waals surface area contributed by atoms with Crippen molar-refractivity contribution in [3.8, 4) is 12.3 Å². The lowest BCUT2D eigenvalue weighted by molar-refractivity contribution is -0.117. The van der Waals surface area contributed by atoms with E-state index in [1.54, 1.807) is 12.1 Å². The van der Waals surface area contributed by atoms with Gasteiger partial charge in [-0.05, 0) is 24.3 Å². The summed E-state index contributed by atoms with van der Waals surface area (Å²) in [5.74, 6) is 1.92. The monoisotopic (exact) mass is 281 g/mol. The second-order valence-electron chi connectivity index (χ2n) is 3.96. The zero-order valence-electron chi connectivity index (χ0n) is 10.4. The number of benzene rings is 1. The fourth-order valence-corrected chi connectivity index (χ4v) is 1.85. The fourth-order valence-electron chi connectivity index (χ4n) is 1.29. The number of sulfonamides is 1. The molecule has 1 atom stereocenters. The molecular formula is C12H15N3O3S. The van der Waals surface area contributed by atoms with Gasteiger partial charge in [-0.25, -0.2) is 8.42 Å². The molecule has 1 rings (SSSR count). The highest BCUT2D eigenvalue weighted by atomic mass is 32.2. The summed E-state index contributed by atoms with van der Waals surface area (Å²) in [5, 5.41) is 2.58. The van der Waals surface area contributed by atoms with Crippen LogP contribution in [0.25, 0.3) is 0 Å². The van der Waals surface area contributed by atoms with Crippen LogP contribution in [0.1, 0.15) is 6.42 Å². The van der Waals surface area contributed by atoms with Gasteiger partial charge in [-0.2, -0.15) is 0 Å². The van der Waals surface area contributed by atoms with E-state index < -0.39 is 16.1 Å². The number of amides is 1. The van der Waals surface area contributed by atoms with Crippen molar-refractivity contribution in [3.05, 3.63) is 24.3 Å². The average Bonchev–Trinajstić information content (AvgIpc) is 2.30. The molecule has 1 aromatic carbocycles. The van der Waals surface area contributed by atoms with Gasteiger partial charge in [0.15, 0.2) is 0 Å². The van der Waals surface area contributed by atoms with Crippen molar-refractivity contribution in [1.82, 2.24) is 0 Å². The van der Waals surface area contributed by atoms with Crippen molar-refractivity contribution < 1.29 is 13.2 Å². The van der Waals surface area contributed by atoms with Crippen LogP contribution in [0.2, 0.25) is 0 Å². The Labute approximate surface area is 112 Å². The van der Waals surface area contributed by atoms with Crippen LogP contribution in [-0.4, -0.2) is 26.6 Å².